The molecule has 16 heavy (non-hydrogen) atoms. The molecule has 2 fully saturated rings. The van der Waals surface area contributed by atoms with Crippen molar-refractivity contribution in [2.45, 2.75) is 64.0 Å². The van der Waals surface area contributed by atoms with Crippen LogP contribution in [0.4, 0.5) is 0 Å². The topological polar surface area (TPSA) is 12.0 Å². The molecule has 5 unspecified atom stereocenters. The van der Waals surface area contributed by atoms with Crippen molar-refractivity contribution in [3.63, 3.8) is 0 Å². The van der Waals surface area contributed by atoms with E-state index in [1.807, 2.05) is 0 Å². The molecule has 2 saturated carbocycles. The summed E-state index contributed by atoms with van der Waals surface area (Å²) in [6.07, 6.45) is 14.8. The van der Waals surface area contributed by atoms with E-state index in [0.717, 1.165) is 29.8 Å². The first-order valence-electron chi connectivity index (χ1n) is 7.29. The van der Waals surface area contributed by atoms with E-state index in [1.165, 1.54) is 44.9 Å². The zero-order chi connectivity index (χ0) is 11.0. The van der Waals surface area contributed by atoms with Crippen molar-refractivity contribution in [1.29, 1.82) is 0 Å². The maximum Gasteiger partial charge on any atom is 0.0138 e. The molecule has 3 rings (SSSR count). The zero-order valence-electron chi connectivity index (χ0n) is 10.5. The van der Waals surface area contributed by atoms with E-state index in [2.05, 4.69) is 24.4 Å². The second-order valence-electron chi connectivity index (χ2n) is 6.15. The molecule has 3 aliphatic carbocycles. The van der Waals surface area contributed by atoms with Gasteiger partial charge >= 0.3 is 0 Å². The molecule has 1 nitrogen and oxygen atoms in total. The Labute approximate surface area is 99.7 Å². The first-order chi connectivity index (χ1) is 7.86. The van der Waals surface area contributed by atoms with Gasteiger partial charge in [-0.15, -0.1) is 0 Å². The summed E-state index contributed by atoms with van der Waals surface area (Å²) in [6, 6.07) is 1.66. The standard InChI is InChI=1S/C15H25N/c1-2-11-5-3-7-13(9-11)16-15-10-12-6-4-8-14(12)15/h4,8,11-16H,2-3,5-7,9-10H2,1H3. The van der Waals surface area contributed by atoms with Crippen molar-refractivity contribution in [3.05, 3.63) is 12.2 Å². The van der Waals surface area contributed by atoms with Crippen molar-refractivity contribution >= 4 is 0 Å². The molecule has 0 amide bonds. The summed E-state index contributed by atoms with van der Waals surface area (Å²) in [5, 5.41) is 3.94. The van der Waals surface area contributed by atoms with Gasteiger partial charge in [-0.2, -0.15) is 0 Å². The van der Waals surface area contributed by atoms with Crippen LogP contribution in [0, 0.1) is 17.8 Å². The van der Waals surface area contributed by atoms with Gasteiger partial charge in [0, 0.05) is 12.1 Å². The fourth-order valence-electron chi connectivity index (χ4n) is 4.02. The van der Waals surface area contributed by atoms with Crippen LogP contribution >= 0.6 is 0 Å². The van der Waals surface area contributed by atoms with E-state index >= 15 is 0 Å². The number of allylic oxidation sites excluding steroid dienone is 1. The second kappa shape index (κ2) is 4.52. The molecule has 0 saturated heterocycles. The molecule has 0 aromatic carbocycles. The average molecular weight is 219 g/mol. The van der Waals surface area contributed by atoms with Gasteiger partial charge in [-0.3, -0.25) is 0 Å². The molecular weight excluding hydrogens is 194 g/mol. The molecule has 0 radical (unpaired) electrons. The van der Waals surface area contributed by atoms with Crippen LogP contribution in [-0.4, -0.2) is 12.1 Å². The van der Waals surface area contributed by atoms with Crippen LogP contribution in [-0.2, 0) is 0 Å². The third kappa shape index (κ3) is 1.95. The van der Waals surface area contributed by atoms with Crippen molar-refractivity contribution in [1.82, 2.24) is 5.32 Å². The van der Waals surface area contributed by atoms with E-state index in [9.17, 15) is 0 Å². The largest absolute Gasteiger partial charge is 0.311 e. The van der Waals surface area contributed by atoms with Gasteiger partial charge in [-0.05, 0) is 43.4 Å². The lowest BCUT2D eigenvalue weighted by Crippen LogP contribution is -2.52. The Balaban J connectivity index is 1.49. The number of hydrogen-bond donors (Lipinski definition) is 1. The fraction of sp³-hybridized carbons (Fsp3) is 0.867. The van der Waals surface area contributed by atoms with Crippen molar-refractivity contribution in [3.8, 4) is 0 Å². The Kier molecular flexibility index (Phi) is 3.06. The van der Waals surface area contributed by atoms with Crippen LogP contribution in [0.3, 0.4) is 0 Å². The van der Waals surface area contributed by atoms with Gasteiger partial charge in [0.15, 0.2) is 0 Å². The predicted octanol–water partition coefficient (Wildman–Crippen LogP) is 3.51. The van der Waals surface area contributed by atoms with E-state index in [0.29, 0.717) is 0 Å². The maximum absolute atomic E-state index is 3.94. The normalized spacial score (nSPS) is 46.4. The lowest BCUT2D eigenvalue weighted by Gasteiger charge is -2.44. The molecule has 3 aliphatic rings. The lowest BCUT2D eigenvalue weighted by molar-refractivity contribution is 0.132. The monoisotopic (exact) mass is 219 g/mol. The van der Waals surface area contributed by atoms with Gasteiger partial charge in [0.25, 0.3) is 0 Å². The summed E-state index contributed by atoms with van der Waals surface area (Å²) in [7, 11) is 0. The molecule has 5 atom stereocenters. The molecule has 0 heterocycles. The Bertz CT molecular complexity index is 271. The number of fused-ring (bicyclic) bond motifs is 1. The van der Waals surface area contributed by atoms with Gasteiger partial charge in [0.1, 0.15) is 0 Å². The van der Waals surface area contributed by atoms with Crippen LogP contribution in [0.5, 0.6) is 0 Å². The highest BCUT2D eigenvalue weighted by atomic mass is 15.0. The Morgan fingerprint density at radius 2 is 2.19 bits per heavy atom. The molecule has 0 aromatic heterocycles. The molecule has 0 bridgehead atoms. The molecule has 1 heteroatoms. The Morgan fingerprint density at radius 1 is 1.25 bits per heavy atom. The highest BCUT2D eigenvalue weighted by molar-refractivity contribution is 5.13. The van der Waals surface area contributed by atoms with Crippen LogP contribution in [0.25, 0.3) is 0 Å². The first kappa shape index (κ1) is 10.8. The summed E-state index contributed by atoms with van der Waals surface area (Å²) in [5.74, 6) is 2.89. The lowest BCUT2D eigenvalue weighted by atomic mass is 9.70. The molecular formula is C15H25N. The molecule has 0 aromatic rings. The van der Waals surface area contributed by atoms with Crippen molar-refractivity contribution in [2.75, 3.05) is 0 Å². The number of rotatable bonds is 3. The van der Waals surface area contributed by atoms with Gasteiger partial charge in [0.2, 0.25) is 0 Å². The van der Waals surface area contributed by atoms with E-state index < -0.39 is 0 Å². The summed E-state index contributed by atoms with van der Waals surface area (Å²) >= 11 is 0. The minimum Gasteiger partial charge on any atom is -0.311 e. The number of hydrogen-bond acceptors (Lipinski definition) is 1. The first-order valence-corrected chi connectivity index (χ1v) is 7.29. The zero-order valence-corrected chi connectivity index (χ0v) is 10.5. The Morgan fingerprint density at radius 3 is 3.00 bits per heavy atom. The second-order valence-corrected chi connectivity index (χ2v) is 6.15. The third-order valence-corrected chi connectivity index (χ3v) is 5.17. The summed E-state index contributed by atoms with van der Waals surface area (Å²) < 4.78 is 0. The quantitative estimate of drug-likeness (QED) is 0.716. The highest BCUT2D eigenvalue weighted by Gasteiger charge is 2.41. The van der Waals surface area contributed by atoms with Gasteiger partial charge < -0.3 is 5.32 Å². The van der Waals surface area contributed by atoms with Crippen LogP contribution in [0.2, 0.25) is 0 Å². The van der Waals surface area contributed by atoms with E-state index in [-0.39, 0.29) is 0 Å². The SMILES string of the molecule is CCC1CCCC(NC2CC3CC=CC32)C1. The van der Waals surface area contributed by atoms with Crippen molar-refractivity contribution in [2.24, 2.45) is 17.8 Å². The molecule has 90 valence electrons. The highest BCUT2D eigenvalue weighted by Crippen LogP contribution is 2.43. The molecule has 0 spiro atoms. The average Bonchev–Trinajstić information content (AvgIpc) is 2.68. The molecule has 0 aliphatic heterocycles. The van der Waals surface area contributed by atoms with Gasteiger partial charge in [-0.25, -0.2) is 0 Å². The van der Waals surface area contributed by atoms with Gasteiger partial charge in [0.05, 0.1) is 0 Å². The molecule has 1 N–H and O–H groups in total. The van der Waals surface area contributed by atoms with Crippen LogP contribution < -0.4 is 5.32 Å². The predicted molar refractivity (Wildman–Crippen MR) is 68.3 cm³/mol. The van der Waals surface area contributed by atoms with Crippen molar-refractivity contribution < 1.29 is 0 Å². The number of nitrogens with one attached hydrogen (secondary N) is 1. The smallest absolute Gasteiger partial charge is 0.0138 e. The van der Waals surface area contributed by atoms with Crippen LogP contribution in [0.15, 0.2) is 12.2 Å². The summed E-state index contributed by atoms with van der Waals surface area (Å²) in [5.41, 5.74) is 0. The minimum atomic E-state index is 0.823. The van der Waals surface area contributed by atoms with E-state index in [4.69, 9.17) is 0 Å². The summed E-state index contributed by atoms with van der Waals surface area (Å²) in [4.78, 5) is 0. The van der Waals surface area contributed by atoms with E-state index in [1.54, 1.807) is 0 Å². The summed E-state index contributed by atoms with van der Waals surface area (Å²) in [6.45, 7) is 2.35. The third-order valence-electron chi connectivity index (χ3n) is 5.17. The minimum absolute atomic E-state index is 0.823. The van der Waals surface area contributed by atoms with Crippen LogP contribution in [0.1, 0.15) is 51.9 Å². The maximum atomic E-state index is 3.94. The van der Waals surface area contributed by atoms with Gasteiger partial charge in [-0.1, -0.05) is 38.3 Å². The fourth-order valence-corrected chi connectivity index (χ4v) is 4.02. The Hall–Kier alpha value is -0.300.